The molecule has 1 N–H and O–H groups in total. The summed E-state index contributed by atoms with van der Waals surface area (Å²) in [5, 5.41) is 6.78. The van der Waals surface area contributed by atoms with Crippen molar-refractivity contribution in [3.8, 4) is 0 Å². The summed E-state index contributed by atoms with van der Waals surface area (Å²) in [6, 6.07) is 8.14. The van der Waals surface area contributed by atoms with E-state index >= 15 is 0 Å². The third-order valence-electron chi connectivity index (χ3n) is 4.43. The minimum absolute atomic E-state index is 0.0429. The Kier molecular flexibility index (Phi) is 4.98. The number of hydrogen-bond acceptors (Lipinski definition) is 4. The molecule has 0 aliphatic carbocycles. The van der Waals surface area contributed by atoms with Crippen LogP contribution in [-0.4, -0.2) is 43.5 Å². The SMILES string of the molecule is CCN1CCN(c2ccc(NC(=O)c3ccsc3)c(C)c2)CC1. The van der Waals surface area contributed by atoms with Gasteiger partial charge in [-0.05, 0) is 48.7 Å². The van der Waals surface area contributed by atoms with Gasteiger partial charge in [-0.15, -0.1) is 0 Å². The van der Waals surface area contributed by atoms with Crippen molar-refractivity contribution in [1.29, 1.82) is 0 Å². The number of likely N-dealkylation sites (N-methyl/N-ethyl adjacent to an activating group) is 1. The zero-order valence-electron chi connectivity index (χ0n) is 13.7. The number of thiophene rings is 1. The highest BCUT2D eigenvalue weighted by molar-refractivity contribution is 7.08. The molecule has 1 amide bonds. The molecule has 2 aromatic rings. The number of carbonyl (C=O) groups is 1. The number of rotatable bonds is 4. The van der Waals surface area contributed by atoms with E-state index in [-0.39, 0.29) is 5.91 Å². The molecule has 0 unspecified atom stereocenters. The zero-order chi connectivity index (χ0) is 16.2. The van der Waals surface area contributed by atoms with Crippen LogP contribution >= 0.6 is 11.3 Å². The largest absolute Gasteiger partial charge is 0.369 e. The fourth-order valence-corrected chi connectivity index (χ4v) is 3.53. The minimum Gasteiger partial charge on any atom is -0.369 e. The number of hydrogen-bond donors (Lipinski definition) is 1. The number of nitrogens with zero attached hydrogens (tertiary/aromatic N) is 2. The molecule has 3 rings (SSSR count). The van der Waals surface area contributed by atoms with Crippen LogP contribution in [0.1, 0.15) is 22.8 Å². The van der Waals surface area contributed by atoms with Crippen molar-refractivity contribution in [3.63, 3.8) is 0 Å². The number of piperazine rings is 1. The van der Waals surface area contributed by atoms with Crippen LogP contribution in [0.15, 0.2) is 35.0 Å². The van der Waals surface area contributed by atoms with Gasteiger partial charge in [0.15, 0.2) is 0 Å². The number of anilines is 2. The van der Waals surface area contributed by atoms with E-state index in [4.69, 9.17) is 0 Å². The molecular formula is C18H23N3OS. The Morgan fingerprint density at radius 1 is 1.22 bits per heavy atom. The molecule has 0 saturated carbocycles. The molecule has 1 fully saturated rings. The fraction of sp³-hybridized carbons (Fsp3) is 0.389. The van der Waals surface area contributed by atoms with E-state index in [0.29, 0.717) is 5.56 Å². The summed E-state index contributed by atoms with van der Waals surface area (Å²) in [6.07, 6.45) is 0. The summed E-state index contributed by atoms with van der Waals surface area (Å²) in [4.78, 5) is 17.1. The average Bonchev–Trinajstić information content (AvgIpc) is 3.11. The number of carbonyl (C=O) groups excluding carboxylic acids is 1. The van der Waals surface area contributed by atoms with Crippen LogP contribution in [0, 0.1) is 6.92 Å². The molecule has 1 aromatic heterocycles. The Bertz CT molecular complexity index is 661. The van der Waals surface area contributed by atoms with Crippen molar-refractivity contribution in [2.24, 2.45) is 0 Å². The van der Waals surface area contributed by atoms with Crippen LogP contribution in [0.3, 0.4) is 0 Å². The van der Waals surface area contributed by atoms with E-state index in [2.05, 4.69) is 41.1 Å². The van der Waals surface area contributed by atoms with E-state index in [1.165, 1.54) is 17.0 Å². The molecule has 0 spiro atoms. The number of amides is 1. The van der Waals surface area contributed by atoms with Gasteiger partial charge in [-0.1, -0.05) is 6.92 Å². The maximum absolute atomic E-state index is 12.2. The summed E-state index contributed by atoms with van der Waals surface area (Å²) in [5.74, 6) is -0.0429. The first-order chi connectivity index (χ1) is 11.2. The molecular weight excluding hydrogens is 306 g/mol. The second-order valence-electron chi connectivity index (χ2n) is 5.89. The molecule has 0 atom stereocenters. The monoisotopic (exact) mass is 329 g/mol. The smallest absolute Gasteiger partial charge is 0.256 e. The van der Waals surface area contributed by atoms with Crippen LogP contribution in [0.5, 0.6) is 0 Å². The lowest BCUT2D eigenvalue weighted by atomic mass is 10.1. The van der Waals surface area contributed by atoms with Gasteiger partial charge in [0, 0.05) is 42.9 Å². The van der Waals surface area contributed by atoms with E-state index in [1.54, 1.807) is 0 Å². The third kappa shape index (κ3) is 3.74. The van der Waals surface area contributed by atoms with Gasteiger partial charge in [0.2, 0.25) is 0 Å². The minimum atomic E-state index is -0.0429. The van der Waals surface area contributed by atoms with E-state index in [1.807, 2.05) is 22.9 Å². The van der Waals surface area contributed by atoms with Gasteiger partial charge in [0.1, 0.15) is 0 Å². The zero-order valence-corrected chi connectivity index (χ0v) is 14.5. The molecule has 23 heavy (non-hydrogen) atoms. The number of nitrogens with one attached hydrogen (secondary N) is 1. The lowest BCUT2D eigenvalue weighted by Crippen LogP contribution is -2.46. The standard InChI is InChI=1S/C18H23N3OS/c1-3-20-7-9-21(10-8-20)16-4-5-17(14(2)12-16)19-18(22)15-6-11-23-13-15/h4-6,11-13H,3,7-10H2,1-2H3,(H,19,22). The summed E-state index contributed by atoms with van der Waals surface area (Å²) in [7, 11) is 0. The average molecular weight is 329 g/mol. The summed E-state index contributed by atoms with van der Waals surface area (Å²) >= 11 is 1.53. The Labute approximate surface area is 141 Å². The van der Waals surface area contributed by atoms with Gasteiger partial charge in [0.05, 0.1) is 5.56 Å². The molecule has 0 radical (unpaired) electrons. The highest BCUT2D eigenvalue weighted by atomic mass is 32.1. The maximum atomic E-state index is 12.2. The number of aryl methyl sites for hydroxylation is 1. The number of benzene rings is 1. The molecule has 5 heteroatoms. The predicted octanol–water partition coefficient (Wildman–Crippen LogP) is 3.45. The first-order valence-electron chi connectivity index (χ1n) is 8.09. The second kappa shape index (κ2) is 7.15. The molecule has 1 aliphatic rings. The van der Waals surface area contributed by atoms with Crippen LogP contribution in [0.2, 0.25) is 0 Å². The Morgan fingerprint density at radius 3 is 2.61 bits per heavy atom. The van der Waals surface area contributed by atoms with Crippen molar-refractivity contribution in [3.05, 3.63) is 46.2 Å². The van der Waals surface area contributed by atoms with Crippen molar-refractivity contribution in [2.45, 2.75) is 13.8 Å². The van der Waals surface area contributed by atoms with Gasteiger partial charge in [-0.2, -0.15) is 11.3 Å². The first kappa shape index (κ1) is 16.0. The van der Waals surface area contributed by atoms with Crippen molar-refractivity contribution in [1.82, 2.24) is 4.90 Å². The van der Waals surface area contributed by atoms with Crippen LogP contribution in [-0.2, 0) is 0 Å². The summed E-state index contributed by atoms with van der Waals surface area (Å²) < 4.78 is 0. The Morgan fingerprint density at radius 2 is 2.00 bits per heavy atom. The van der Waals surface area contributed by atoms with Crippen LogP contribution < -0.4 is 10.2 Å². The van der Waals surface area contributed by atoms with Gasteiger partial charge in [0.25, 0.3) is 5.91 Å². The van der Waals surface area contributed by atoms with Crippen LogP contribution in [0.4, 0.5) is 11.4 Å². The normalized spacial score (nSPS) is 15.7. The highest BCUT2D eigenvalue weighted by Crippen LogP contribution is 2.24. The molecule has 122 valence electrons. The van der Waals surface area contributed by atoms with E-state index in [0.717, 1.165) is 44.0 Å². The predicted molar refractivity (Wildman–Crippen MR) is 97.8 cm³/mol. The topological polar surface area (TPSA) is 35.6 Å². The van der Waals surface area contributed by atoms with Crippen molar-refractivity contribution < 1.29 is 4.79 Å². The lowest BCUT2D eigenvalue weighted by molar-refractivity contribution is 0.102. The van der Waals surface area contributed by atoms with E-state index < -0.39 is 0 Å². The highest BCUT2D eigenvalue weighted by Gasteiger charge is 2.16. The van der Waals surface area contributed by atoms with Crippen LogP contribution in [0.25, 0.3) is 0 Å². The van der Waals surface area contributed by atoms with Gasteiger partial charge >= 0.3 is 0 Å². The Balaban J connectivity index is 1.67. The molecule has 1 aromatic carbocycles. The second-order valence-corrected chi connectivity index (χ2v) is 6.67. The molecule has 1 saturated heterocycles. The lowest BCUT2D eigenvalue weighted by Gasteiger charge is -2.35. The van der Waals surface area contributed by atoms with E-state index in [9.17, 15) is 4.79 Å². The van der Waals surface area contributed by atoms with Gasteiger partial charge in [-0.3, -0.25) is 4.79 Å². The summed E-state index contributed by atoms with van der Waals surface area (Å²) in [6.45, 7) is 9.75. The Hall–Kier alpha value is -1.85. The summed E-state index contributed by atoms with van der Waals surface area (Å²) in [5.41, 5.74) is 3.95. The molecule has 4 nitrogen and oxygen atoms in total. The quantitative estimate of drug-likeness (QED) is 0.933. The van der Waals surface area contributed by atoms with Crippen molar-refractivity contribution in [2.75, 3.05) is 42.9 Å². The van der Waals surface area contributed by atoms with Crippen molar-refractivity contribution >= 4 is 28.6 Å². The van der Waals surface area contributed by atoms with Gasteiger partial charge < -0.3 is 15.1 Å². The molecule has 2 heterocycles. The molecule has 0 bridgehead atoms. The first-order valence-corrected chi connectivity index (χ1v) is 9.03. The fourth-order valence-electron chi connectivity index (χ4n) is 2.90. The molecule has 1 aliphatic heterocycles. The third-order valence-corrected chi connectivity index (χ3v) is 5.11. The van der Waals surface area contributed by atoms with Gasteiger partial charge in [-0.25, -0.2) is 0 Å². The maximum Gasteiger partial charge on any atom is 0.256 e.